The van der Waals surface area contributed by atoms with Crippen LogP contribution in [0.1, 0.15) is 108 Å². The normalized spacial score (nSPS) is 15.3. The van der Waals surface area contributed by atoms with Crippen molar-refractivity contribution in [3.8, 4) is 0 Å². The van der Waals surface area contributed by atoms with Gasteiger partial charge in [-0.2, -0.15) is 4.58 Å². The molecule has 1 aliphatic heterocycles. The molecule has 3 nitrogen and oxygen atoms in total. The van der Waals surface area contributed by atoms with E-state index in [0.717, 1.165) is 12.1 Å². The van der Waals surface area contributed by atoms with Crippen LogP contribution in [0.2, 0.25) is 0 Å². The highest BCUT2D eigenvalue weighted by Gasteiger charge is 2.43. The van der Waals surface area contributed by atoms with Gasteiger partial charge < -0.3 is 5.11 Å². The Bertz CT molecular complexity index is 673. The highest BCUT2D eigenvalue weighted by molar-refractivity contribution is 5.95. The molecule has 0 amide bonds. The molecule has 1 aliphatic rings. The molecule has 0 spiro atoms. The molecule has 0 fully saturated rings. The lowest BCUT2D eigenvalue weighted by atomic mass is 9.81. The Balaban J connectivity index is 1.82. The van der Waals surface area contributed by atoms with E-state index in [1.165, 1.54) is 75.6 Å². The van der Waals surface area contributed by atoms with Crippen molar-refractivity contribution in [3.05, 3.63) is 29.3 Å². The summed E-state index contributed by atoms with van der Waals surface area (Å²) >= 11 is 0. The van der Waals surface area contributed by atoms with Crippen LogP contribution in [0.15, 0.2) is 18.2 Å². The molecular weight excluding hydrogens is 334 g/mol. The molecule has 3 heteroatoms. The number of fused-ring (bicyclic) bond motifs is 1. The lowest BCUT2D eigenvalue weighted by molar-refractivity contribution is -0.439. The molecule has 0 saturated heterocycles. The summed E-state index contributed by atoms with van der Waals surface area (Å²) in [4.78, 5) is 11.3. The smallest absolute Gasteiger partial charge is 0.335 e. The number of carbonyl (C=O) groups is 1. The van der Waals surface area contributed by atoms with Crippen LogP contribution in [-0.2, 0) is 5.41 Å². The minimum absolute atomic E-state index is 0.0979. The van der Waals surface area contributed by atoms with E-state index in [0.29, 0.717) is 5.56 Å². The van der Waals surface area contributed by atoms with Gasteiger partial charge in [0.25, 0.3) is 0 Å². The number of hydrogen-bond acceptors (Lipinski definition) is 1. The van der Waals surface area contributed by atoms with Crippen molar-refractivity contribution in [1.29, 1.82) is 0 Å². The maximum atomic E-state index is 11.3. The molecule has 2 rings (SSSR count). The van der Waals surface area contributed by atoms with Crippen LogP contribution < -0.4 is 0 Å². The molecule has 0 radical (unpaired) electrons. The van der Waals surface area contributed by atoms with E-state index in [9.17, 15) is 9.90 Å². The topological polar surface area (TPSA) is 40.3 Å². The van der Waals surface area contributed by atoms with Crippen molar-refractivity contribution in [1.82, 2.24) is 0 Å². The number of hydrogen-bond donors (Lipinski definition) is 1. The quantitative estimate of drug-likeness (QED) is 0.327. The van der Waals surface area contributed by atoms with Gasteiger partial charge in [0.1, 0.15) is 6.54 Å². The number of carboxylic acids is 1. The van der Waals surface area contributed by atoms with Gasteiger partial charge in [-0.1, -0.05) is 58.3 Å². The Hall–Kier alpha value is -1.64. The maximum Gasteiger partial charge on any atom is 0.335 e. The standard InChI is InChI=1S/C24H37NO2/c1-5-6-7-8-9-10-11-12-13-14-17-25-19(2)24(3,4)21-18-20(23(26)27)15-16-22(21)25/h15-16,18H,5-14,17H2,1-4H3/p+1. The van der Waals surface area contributed by atoms with Crippen molar-refractivity contribution in [2.45, 2.75) is 97.3 Å². The molecule has 27 heavy (non-hydrogen) atoms. The first kappa shape index (κ1) is 21.7. The van der Waals surface area contributed by atoms with Gasteiger partial charge in [-0.25, -0.2) is 4.79 Å². The Kier molecular flexibility index (Phi) is 8.07. The third kappa shape index (κ3) is 5.43. The molecular formula is C24H38NO2+. The summed E-state index contributed by atoms with van der Waals surface area (Å²) in [5, 5.41) is 9.30. The average molecular weight is 373 g/mol. The minimum Gasteiger partial charge on any atom is -0.478 e. The molecule has 1 N–H and O–H groups in total. The molecule has 0 atom stereocenters. The largest absolute Gasteiger partial charge is 0.478 e. The molecule has 0 unspecified atom stereocenters. The molecule has 150 valence electrons. The summed E-state index contributed by atoms with van der Waals surface area (Å²) in [6.07, 6.45) is 13.5. The first-order valence-electron chi connectivity index (χ1n) is 10.9. The van der Waals surface area contributed by atoms with E-state index >= 15 is 0 Å². The van der Waals surface area contributed by atoms with Crippen molar-refractivity contribution >= 4 is 17.4 Å². The number of unbranched alkanes of at least 4 members (excludes halogenated alkanes) is 9. The fourth-order valence-corrected chi connectivity index (χ4v) is 4.16. The van der Waals surface area contributed by atoms with Gasteiger partial charge in [0.15, 0.2) is 5.71 Å². The maximum absolute atomic E-state index is 11.3. The predicted octanol–water partition coefficient (Wildman–Crippen LogP) is 6.70. The molecule has 1 aromatic carbocycles. The second kappa shape index (κ2) is 10.1. The van der Waals surface area contributed by atoms with E-state index in [1.807, 2.05) is 12.1 Å². The molecule has 0 bridgehead atoms. The minimum atomic E-state index is -0.848. The molecule has 1 heterocycles. The van der Waals surface area contributed by atoms with Gasteiger partial charge in [-0.3, -0.25) is 0 Å². The van der Waals surface area contributed by atoms with Crippen LogP contribution in [0.25, 0.3) is 0 Å². The van der Waals surface area contributed by atoms with Gasteiger partial charge in [0.05, 0.1) is 11.0 Å². The van der Waals surface area contributed by atoms with E-state index in [2.05, 4.69) is 32.3 Å². The van der Waals surface area contributed by atoms with E-state index in [4.69, 9.17) is 0 Å². The summed E-state index contributed by atoms with van der Waals surface area (Å²) in [5.41, 5.74) is 3.95. The second-order valence-electron chi connectivity index (χ2n) is 8.58. The van der Waals surface area contributed by atoms with Gasteiger partial charge in [-0.05, 0) is 32.4 Å². The highest BCUT2D eigenvalue weighted by Crippen LogP contribution is 2.40. The fourth-order valence-electron chi connectivity index (χ4n) is 4.16. The zero-order valence-electron chi connectivity index (χ0n) is 17.8. The van der Waals surface area contributed by atoms with Crippen molar-refractivity contribution < 1.29 is 14.5 Å². The first-order valence-corrected chi connectivity index (χ1v) is 10.9. The number of benzene rings is 1. The van der Waals surface area contributed by atoms with Crippen molar-refractivity contribution in [2.24, 2.45) is 0 Å². The van der Waals surface area contributed by atoms with Crippen LogP contribution in [0.5, 0.6) is 0 Å². The Morgan fingerprint density at radius 2 is 1.52 bits per heavy atom. The number of aromatic carboxylic acids is 1. The SMILES string of the molecule is CCCCCCCCCCCC[N+]1=C(C)C(C)(C)c2cc(C(=O)O)ccc21. The Labute approximate surface area is 165 Å². The lowest BCUT2D eigenvalue weighted by Gasteiger charge is -2.15. The van der Waals surface area contributed by atoms with Crippen molar-refractivity contribution in [3.63, 3.8) is 0 Å². The van der Waals surface area contributed by atoms with Crippen LogP contribution in [0.4, 0.5) is 5.69 Å². The second-order valence-corrected chi connectivity index (χ2v) is 8.58. The van der Waals surface area contributed by atoms with Crippen LogP contribution >= 0.6 is 0 Å². The van der Waals surface area contributed by atoms with E-state index < -0.39 is 5.97 Å². The summed E-state index contributed by atoms with van der Waals surface area (Å²) < 4.78 is 2.41. The zero-order chi connectivity index (χ0) is 19.9. The third-order valence-electron chi connectivity index (χ3n) is 6.25. The first-order chi connectivity index (χ1) is 12.9. The monoisotopic (exact) mass is 372 g/mol. The molecule has 1 aromatic rings. The fraction of sp³-hybridized carbons (Fsp3) is 0.667. The highest BCUT2D eigenvalue weighted by atomic mass is 16.4. The molecule has 0 aliphatic carbocycles. The average Bonchev–Trinajstić information content (AvgIpc) is 2.83. The third-order valence-corrected chi connectivity index (χ3v) is 6.25. The zero-order valence-corrected chi connectivity index (χ0v) is 17.8. The Morgan fingerprint density at radius 3 is 2.07 bits per heavy atom. The summed E-state index contributed by atoms with van der Waals surface area (Å²) in [6, 6.07) is 5.59. The van der Waals surface area contributed by atoms with E-state index in [1.54, 1.807) is 6.07 Å². The molecule has 0 saturated carbocycles. The van der Waals surface area contributed by atoms with Crippen molar-refractivity contribution in [2.75, 3.05) is 6.54 Å². The number of rotatable bonds is 12. The van der Waals surface area contributed by atoms with Gasteiger partial charge in [-0.15, -0.1) is 0 Å². The predicted molar refractivity (Wildman–Crippen MR) is 114 cm³/mol. The van der Waals surface area contributed by atoms with Crippen LogP contribution in [0, 0.1) is 0 Å². The van der Waals surface area contributed by atoms with Crippen LogP contribution in [-0.4, -0.2) is 27.9 Å². The number of nitrogens with zero attached hydrogens (tertiary/aromatic N) is 1. The summed E-state index contributed by atoms with van der Waals surface area (Å²) in [5.74, 6) is -0.848. The lowest BCUT2D eigenvalue weighted by Crippen LogP contribution is -2.26. The molecule has 0 aromatic heterocycles. The number of carboxylic acid groups (broad SMARTS) is 1. The summed E-state index contributed by atoms with van der Waals surface area (Å²) in [7, 11) is 0. The van der Waals surface area contributed by atoms with Crippen LogP contribution in [0.3, 0.4) is 0 Å². The summed E-state index contributed by atoms with van der Waals surface area (Å²) in [6.45, 7) is 9.89. The van der Waals surface area contributed by atoms with Gasteiger partial charge in [0, 0.05) is 25.0 Å². The van der Waals surface area contributed by atoms with E-state index in [-0.39, 0.29) is 5.41 Å². The Morgan fingerprint density at radius 1 is 0.963 bits per heavy atom. The van der Waals surface area contributed by atoms with Gasteiger partial charge >= 0.3 is 5.97 Å². The van der Waals surface area contributed by atoms with Gasteiger partial charge in [0.2, 0.25) is 5.69 Å².